The first kappa shape index (κ1) is 15.3. The number of rotatable bonds is 7. The minimum absolute atomic E-state index is 0.0924. The number of ether oxygens (including phenoxy) is 1. The summed E-state index contributed by atoms with van der Waals surface area (Å²) in [4.78, 5) is 6.63. The molecule has 0 aliphatic carbocycles. The van der Waals surface area contributed by atoms with Crippen LogP contribution in [0, 0.1) is 0 Å². The Morgan fingerprint density at radius 3 is 2.71 bits per heavy atom. The summed E-state index contributed by atoms with van der Waals surface area (Å²) in [5, 5.41) is 13.9. The van der Waals surface area contributed by atoms with Crippen LogP contribution in [-0.2, 0) is 6.42 Å². The highest BCUT2D eigenvalue weighted by Crippen LogP contribution is 2.31. The molecule has 6 heteroatoms. The van der Waals surface area contributed by atoms with Gasteiger partial charge in [0.05, 0.1) is 12.7 Å². The Morgan fingerprint density at radius 2 is 2.05 bits per heavy atom. The van der Waals surface area contributed by atoms with E-state index in [4.69, 9.17) is 9.26 Å². The van der Waals surface area contributed by atoms with E-state index >= 15 is 0 Å². The van der Waals surface area contributed by atoms with Gasteiger partial charge in [0.1, 0.15) is 11.5 Å². The Labute approximate surface area is 124 Å². The lowest BCUT2D eigenvalue weighted by molar-refractivity contribution is 0.303. The minimum Gasteiger partial charge on any atom is -0.507 e. The highest BCUT2D eigenvalue weighted by molar-refractivity contribution is 5.64. The van der Waals surface area contributed by atoms with E-state index in [1.807, 2.05) is 0 Å². The van der Waals surface area contributed by atoms with Crippen molar-refractivity contribution < 1.29 is 14.4 Å². The molecule has 1 aromatic heterocycles. The van der Waals surface area contributed by atoms with Gasteiger partial charge in [0.15, 0.2) is 5.82 Å². The summed E-state index contributed by atoms with van der Waals surface area (Å²) in [7, 11) is 1.57. The first-order valence-corrected chi connectivity index (χ1v) is 7.10. The normalized spacial score (nSPS) is 11.0. The lowest BCUT2D eigenvalue weighted by Crippen LogP contribution is -2.25. The standard InChI is InChI=1S/C15H21N3O3/c1-4-18(5-2)9-8-14-16-15(21-17-14)12-10-11(20-3)6-7-13(12)19/h6-7,10,19H,4-5,8-9H2,1-3H3. The molecule has 6 nitrogen and oxygen atoms in total. The molecular weight excluding hydrogens is 270 g/mol. The highest BCUT2D eigenvalue weighted by Gasteiger charge is 2.14. The van der Waals surface area contributed by atoms with E-state index in [9.17, 15) is 5.11 Å². The molecule has 0 aliphatic rings. The van der Waals surface area contributed by atoms with Gasteiger partial charge in [-0.3, -0.25) is 0 Å². The van der Waals surface area contributed by atoms with E-state index in [-0.39, 0.29) is 5.75 Å². The molecule has 1 N–H and O–H groups in total. The molecule has 0 saturated heterocycles. The molecular formula is C15H21N3O3. The van der Waals surface area contributed by atoms with Crippen LogP contribution in [0.3, 0.4) is 0 Å². The zero-order chi connectivity index (χ0) is 15.2. The van der Waals surface area contributed by atoms with Crippen LogP contribution in [0.4, 0.5) is 0 Å². The molecule has 0 unspecified atom stereocenters. The van der Waals surface area contributed by atoms with E-state index < -0.39 is 0 Å². The van der Waals surface area contributed by atoms with Gasteiger partial charge in [0.2, 0.25) is 0 Å². The lowest BCUT2D eigenvalue weighted by Gasteiger charge is -2.16. The van der Waals surface area contributed by atoms with E-state index in [0.29, 0.717) is 23.0 Å². The summed E-state index contributed by atoms with van der Waals surface area (Å²) in [5.41, 5.74) is 0.482. The van der Waals surface area contributed by atoms with Crippen molar-refractivity contribution in [2.75, 3.05) is 26.7 Å². The second kappa shape index (κ2) is 7.08. The average Bonchev–Trinajstić information content (AvgIpc) is 2.97. The largest absolute Gasteiger partial charge is 0.507 e. The fourth-order valence-electron chi connectivity index (χ4n) is 2.08. The number of methoxy groups -OCH3 is 1. The molecule has 0 spiro atoms. The van der Waals surface area contributed by atoms with Gasteiger partial charge in [-0.15, -0.1) is 0 Å². The number of aromatic nitrogens is 2. The van der Waals surface area contributed by atoms with Crippen molar-refractivity contribution in [1.29, 1.82) is 0 Å². The van der Waals surface area contributed by atoms with Crippen molar-refractivity contribution in [3.63, 3.8) is 0 Å². The summed E-state index contributed by atoms with van der Waals surface area (Å²) in [6.07, 6.45) is 0.718. The van der Waals surface area contributed by atoms with Gasteiger partial charge in [0.25, 0.3) is 5.89 Å². The summed E-state index contributed by atoms with van der Waals surface area (Å²) < 4.78 is 10.4. The third-order valence-corrected chi connectivity index (χ3v) is 3.45. The van der Waals surface area contributed by atoms with Crippen LogP contribution in [0.1, 0.15) is 19.7 Å². The molecule has 1 heterocycles. The number of hydrogen-bond acceptors (Lipinski definition) is 6. The maximum absolute atomic E-state index is 9.90. The van der Waals surface area contributed by atoms with Gasteiger partial charge in [-0.1, -0.05) is 19.0 Å². The summed E-state index contributed by atoms with van der Waals surface area (Å²) in [5.74, 6) is 1.67. The number of benzene rings is 1. The quantitative estimate of drug-likeness (QED) is 0.844. The predicted octanol–water partition coefficient (Wildman–Crippen LogP) is 2.34. The van der Waals surface area contributed by atoms with Crippen molar-refractivity contribution >= 4 is 0 Å². The van der Waals surface area contributed by atoms with Crippen LogP contribution >= 0.6 is 0 Å². The third-order valence-electron chi connectivity index (χ3n) is 3.45. The van der Waals surface area contributed by atoms with Gasteiger partial charge in [-0.2, -0.15) is 4.98 Å². The zero-order valence-corrected chi connectivity index (χ0v) is 12.7. The molecule has 0 atom stereocenters. The van der Waals surface area contributed by atoms with Crippen LogP contribution in [0.15, 0.2) is 22.7 Å². The number of hydrogen-bond donors (Lipinski definition) is 1. The monoisotopic (exact) mass is 291 g/mol. The molecule has 2 aromatic rings. The van der Waals surface area contributed by atoms with Gasteiger partial charge in [-0.05, 0) is 31.3 Å². The Bertz CT molecular complexity index is 579. The summed E-state index contributed by atoms with van der Waals surface area (Å²) in [6.45, 7) is 7.13. The van der Waals surface area contributed by atoms with Gasteiger partial charge in [-0.25, -0.2) is 0 Å². The minimum atomic E-state index is 0.0924. The summed E-state index contributed by atoms with van der Waals surface area (Å²) >= 11 is 0. The number of aromatic hydroxyl groups is 1. The van der Waals surface area contributed by atoms with E-state index in [1.165, 1.54) is 0 Å². The maximum atomic E-state index is 9.90. The second-order valence-corrected chi connectivity index (χ2v) is 4.68. The fourth-order valence-corrected chi connectivity index (χ4v) is 2.08. The molecule has 114 valence electrons. The second-order valence-electron chi connectivity index (χ2n) is 4.68. The molecule has 0 aliphatic heterocycles. The Morgan fingerprint density at radius 1 is 1.29 bits per heavy atom. The van der Waals surface area contributed by atoms with Crippen molar-refractivity contribution in [3.05, 3.63) is 24.0 Å². The molecule has 2 rings (SSSR count). The smallest absolute Gasteiger partial charge is 0.261 e. The van der Waals surface area contributed by atoms with Crippen molar-refractivity contribution in [2.45, 2.75) is 20.3 Å². The predicted molar refractivity (Wildman–Crippen MR) is 79.4 cm³/mol. The molecule has 0 radical (unpaired) electrons. The summed E-state index contributed by atoms with van der Waals surface area (Å²) in [6, 6.07) is 4.90. The van der Waals surface area contributed by atoms with E-state index in [2.05, 4.69) is 28.9 Å². The van der Waals surface area contributed by atoms with Crippen LogP contribution < -0.4 is 4.74 Å². The maximum Gasteiger partial charge on any atom is 0.261 e. The Hall–Kier alpha value is -2.08. The molecule has 0 bridgehead atoms. The molecule has 21 heavy (non-hydrogen) atoms. The first-order chi connectivity index (χ1) is 10.2. The zero-order valence-electron chi connectivity index (χ0n) is 12.7. The first-order valence-electron chi connectivity index (χ1n) is 7.10. The molecule has 0 fully saturated rings. The van der Waals surface area contributed by atoms with Crippen LogP contribution in [-0.4, -0.2) is 46.9 Å². The highest BCUT2D eigenvalue weighted by atomic mass is 16.5. The molecule has 1 aromatic carbocycles. The van der Waals surface area contributed by atoms with Gasteiger partial charge >= 0.3 is 0 Å². The van der Waals surface area contributed by atoms with Crippen LogP contribution in [0.5, 0.6) is 11.5 Å². The topological polar surface area (TPSA) is 71.6 Å². The van der Waals surface area contributed by atoms with Crippen molar-refractivity contribution in [3.8, 4) is 23.0 Å². The van der Waals surface area contributed by atoms with Gasteiger partial charge in [0, 0.05) is 13.0 Å². The number of phenols is 1. The SMILES string of the molecule is CCN(CC)CCc1noc(-c2cc(OC)ccc2O)n1. The average molecular weight is 291 g/mol. The van der Waals surface area contributed by atoms with Crippen molar-refractivity contribution in [1.82, 2.24) is 15.0 Å². The Kier molecular flexibility index (Phi) is 5.16. The van der Waals surface area contributed by atoms with E-state index in [1.54, 1.807) is 25.3 Å². The van der Waals surface area contributed by atoms with Gasteiger partial charge < -0.3 is 19.3 Å². The fraction of sp³-hybridized carbons (Fsp3) is 0.467. The number of likely N-dealkylation sites (N-methyl/N-ethyl adjacent to an activating group) is 1. The van der Waals surface area contributed by atoms with Crippen LogP contribution in [0.25, 0.3) is 11.5 Å². The third kappa shape index (κ3) is 3.72. The number of nitrogens with zero attached hydrogens (tertiary/aromatic N) is 3. The molecule has 0 saturated carbocycles. The van der Waals surface area contributed by atoms with Crippen molar-refractivity contribution in [2.24, 2.45) is 0 Å². The Balaban J connectivity index is 2.12. The molecule has 0 amide bonds. The lowest BCUT2D eigenvalue weighted by atomic mass is 10.2. The number of phenolic OH excluding ortho intramolecular Hbond substituents is 1. The van der Waals surface area contributed by atoms with E-state index in [0.717, 1.165) is 26.1 Å². The van der Waals surface area contributed by atoms with Crippen LogP contribution in [0.2, 0.25) is 0 Å².